The quantitative estimate of drug-likeness (QED) is 0.589. The van der Waals surface area contributed by atoms with E-state index in [-0.39, 0.29) is 0 Å². The van der Waals surface area contributed by atoms with Crippen molar-refractivity contribution in [2.24, 2.45) is 0 Å². The molecule has 0 atom stereocenters. The summed E-state index contributed by atoms with van der Waals surface area (Å²) in [7, 11) is -3.02. The van der Waals surface area contributed by atoms with E-state index >= 15 is 0 Å². The van der Waals surface area contributed by atoms with Crippen molar-refractivity contribution in [1.29, 1.82) is 0 Å². The Labute approximate surface area is 139 Å². The van der Waals surface area contributed by atoms with E-state index in [9.17, 15) is 4.57 Å². The summed E-state index contributed by atoms with van der Waals surface area (Å²) in [5.41, 5.74) is 3.60. The number of rotatable bonds is 9. The smallest absolute Gasteiger partial charge is 0.309 e. The highest BCUT2D eigenvalue weighted by Crippen LogP contribution is 2.51. The van der Waals surface area contributed by atoms with Gasteiger partial charge in [0.25, 0.3) is 0 Å². The van der Waals surface area contributed by atoms with Crippen LogP contribution in [0.5, 0.6) is 0 Å². The van der Waals surface area contributed by atoms with Crippen LogP contribution < -0.4 is 0 Å². The Kier molecular flexibility index (Phi) is 7.04. The van der Waals surface area contributed by atoms with Gasteiger partial charge in [0.15, 0.2) is 0 Å². The molecule has 0 radical (unpaired) electrons. The van der Waals surface area contributed by atoms with Crippen molar-refractivity contribution >= 4 is 7.60 Å². The summed E-state index contributed by atoms with van der Waals surface area (Å²) in [4.78, 5) is 0. The first-order valence-corrected chi connectivity index (χ1v) is 9.88. The second kappa shape index (κ2) is 9.02. The molecule has 3 nitrogen and oxygen atoms in total. The van der Waals surface area contributed by atoms with Crippen LogP contribution in [0.15, 0.2) is 54.6 Å². The lowest BCUT2D eigenvalue weighted by Crippen LogP contribution is -1.99. The third-order valence-corrected chi connectivity index (χ3v) is 5.65. The van der Waals surface area contributed by atoms with Crippen molar-refractivity contribution in [3.8, 4) is 0 Å². The molecule has 2 aromatic carbocycles. The zero-order valence-corrected chi connectivity index (χ0v) is 14.8. The highest BCUT2D eigenvalue weighted by Gasteiger charge is 2.23. The van der Waals surface area contributed by atoms with E-state index in [4.69, 9.17) is 9.05 Å². The fraction of sp³-hybridized carbons (Fsp3) is 0.368. The van der Waals surface area contributed by atoms with Gasteiger partial charge in [0, 0.05) is 0 Å². The van der Waals surface area contributed by atoms with Crippen molar-refractivity contribution in [1.82, 2.24) is 0 Å². The molecule has 0 aliphatic rings. The highest BCUT2D eigenvalue weighted by atomic mass is 31.2. The van der Waals surface area contributed by atoms with Gasteiger partial charge in [0.1, 0.15) is 0 Å². The van der Waals surface area contributed by atoms with Gasteiger partial charge in [-0.15, -0.1) is 0 Å². The molecule has 0 aliphatic heterocycles. The van der Waals surface area contributed by atoms with E-state index in [1.165, 1.54) is 11.1 Å². The van der Waals surface area contributed by atoms with Gasteiger partial charge in [0.2, 0.25) is 0 Å². The van der Waals surface area contributed by atoms with Gasteiger partial charge in [-0.05, 0) is 43.4 Å². The minimum Gasteiger partial charge on any atom is -0.309 e. The van der Waals surface area contributed by atoms with E-state index in [0.717, 1.165) is 18.4 Å². The Bertz CT molecular complexity index is 613. The van der Waals surface area contributed by atoms with Crippen molar-refractivity contribution in [3.63, 3.8) is 0 Å². The van der Waals surface area contributed by atoms with Crippen LogP contribution in [0, 0.1) is 0 Å². The standard InChI is InChI=1S/C19H25O3P/c1-3-21-23(20,22-4-2)16-19-14-12-18(13-15-19)11-10-17-8-6-5-7-9-17/h5-9,12-15H,3-4,10-11,16H2,1-2H3. The monoisotopic (exact) mass is 332 g/mol. The first-order valence-electron chi connectivity index (χ1n) is 8.15. The van der Waals surface area contributed by atoms with Crippen molar-refractivity contribution in [3.05, 3.63) is 71.3 Å². The second-order valence-electron chi connectivity index (χ2n) is 5.41. The summed E-state index contributed by atoms with van der Waals surface area (Å²) in [6.07, 6.45) is 2.35. The first-order chi connectivity index (χ1) is 11.1. The van der Waals surface area contributed by atoms with Crippen LogP contribution in [0.3, 0.4) is 0 Å². The zero-order chi connectivity index (χ0) is 16.5. The second-order valence-corrected chi connectivity index (χ2v) is 7.46. The molecule has 0 heterocycles. The number of hydrogen-bond donors (Lipinski definition) is 0. The molecule has 0 saturated heterocycles. The average Bonchev–Trinajstić information content (AvgIpc) is 2.55. The van der Waals surface area contributed by atoms with Gasteiger partial charge in [-0.25, -0.2) is 0 Å². The molecule has 2 rings (SSSR count). The molecule has 0 amide bonds. The molecule has 0 bridgehead atoms. The number of aryl methyl sites for hydroxylation is 2. The summed E-state index contributed by atoms with van der Waals surface area (Å²) in [5, 5.41) is 0. The third-order valence-electron chi connectivity index (χ3n) is 3.60. The molecule has 0 N–H and O–H groups in total. The van der Waals surface area contributed by atoms with Crippen LogP contribution in [-0.2, 0) is 32.6 Å². The van der Waals surface area contributed by atoms with Crippen LogP contribution >= 0.6 is 7.60 Å². The van der Waals surface area contributed by atoms with E-state index in [2.05, 4.69) is 36.4 Å². The molecule has 2 aromatic rings. The summed E-state index contributed by atoms with van der Waals surface area (Å²) >= 11 is 0. The van der Waals surface area contributed by atoms with Gasteiger partial charge in [-0.1, -0.05) is 54.6 Å². The Morgan fingerprint density at radius 2 is 1.22 bits per heavy atom. The molecule has 0 spiro atoms. The molecular weight excluding hydrogens is 307 g/mol. The minimum atomic E-state index is -3.02. The normalized spacial score (nSPS) is 11.6. The van der Waals surface area contributed by atoms with Gasteiger partial charge < -0.3 is 9.05 Å². The summed E-state index contributed by atoms with van der Waals surface area (Å²) in [5.74, 6) is 0. The lowest BCUT2D eigenvalue weighted by Gasteiger charge is -2.17. The maximum Gasteiger partial charge on any atom is 0.335 e. The Morgan fingerprint density at radius 3 is 1.74 bits per heavy atom. The molecule has 4 heteroatoms. The maximum atomic E-state index is 12.5. The molecule has 23 heavy (non-hydrogen) atoms. The topological polar surface area (TPSA) is 35.5 Å². The number of benzene rings is 2. The largest absolute Gasteiger partial charge is 0.335 e. The molecule has 0 saturated carbocycles. The summed E-state index contributed by atoms with van der Waals surface area (Å²) < 4.78 is 23.2. The van der Waals surface area contributed by atoms with Crippen LogP contribution in [0.1, 0.15) is 30.5 Å². The molecule has 0 aliphatic carbocycles. The fourth-order valence-electron chi connectivity index (χ4n) is 2.49. The van der Waals surface area contributed by atoms with Crippen molar-refractivity contribution in [2.45, 2.75) is 32.9 Å². The predicted molar refractivity (Wildman–Crippen MR) is 94.9 cm³/mol. The molecular formula is C19H25O3P. The summed E-state index contributed by atoms with van der Waals surface area (Å²) in [6, 6.07) is 18.7. The van der Waals surface area contributed by atoms with Gasteiger partial charge >= 0.3 is 7.60 Å². The maximum absolute atomic E-state index is 12.5. The zero-order valence-electron chi connectivity index (χ0n) is 13.9. The lowest BCUT2D eigenvalue weighted by molar-refractivity contribution is 0.219. The van der Waals surface area contributed by atoms with Gasteiger partial charge in [-0.3, -0.25) is 4.57 Å². The van der Waals surface area contributed by atoms with Crippen LogP contribution in [0.4, 0.5) is 0 Å². The first kappa shape index (κ1) is 17.9. The van der Waals surface area contributed by atoms with Crippen molar-refractivity contribution < 1.29 is 13.6 Å². The highest BCUT2D eigenvalue weighted by molar-refractivity contribution is 7.53. The number of hydrogen-bond acceptors (Lipinski definition) is 3. The van der Waals surface area contributed by atoms with Crippen LogP contribution in [0.2, 0.25) is 0 Å². The Balaban J connectivity index is 1.94. The lowest BCUT2D eigenvalue weighted by atomic mass is 10.0. The van der Waals surface area contributed by atoms with Crippen molar-refractivity contribution in [2.75, 3.05) is 13.2 Å². The molecule has 0 fully saturated rings. The van der Waals surface area contributed by atoms with E-state index in [1.807, 2.05) is 32.0 Å². The SMILES string of the molecule is CCOP(=O)(Cc1ccc(CCc2ccccc2)cc1)OCC. The molecule has 0 aromatic heterocycles. The average molecular weight is 332 g/mol. The van der Waals surface area contributed by atoms with Gasteiger partial charge in [-0.2, -0.15) is 0 Å². The molecule has 124 valence electrons. The fourth-order valence-corrected chi connectivity index (χ4v) is 4.19. The Morgan fingerprint density at radius 1 is 0.739 bits per heavy atom. The van der Waals surface area contributed by atoms with E-state index in [0.29, 0.717) is 19.4 Å². The van der Waals surface area contributed by atoms with Crippen LogP contribution in [-0.4, -0.2) is 13.2 Å². The van der Waals surface area contributed by atoms with Gasteiger partial charge in [0.05, 0.1) is 19.4 Å². The summed E-state index contributed by atoms with van der Waals surface area (Å²) in [6.45, 7) is 4.45. The Hall–Kier alpha value is -1.41. The third kappa shape index (κ3) is 5.95. The molecule has 0 unspecified atom stereocenters. The minimum absolute atomic E-state index is 0.327. The van der Waals surface area contributed by atoms with E-state index < -0.39 is 7.60 Å². The van der Waals surface area contributed by atoms with E-state index in [1.54, 1.807) is 0 Å². The van der Waals surface area contributed by atoms with Crippen LogP contribution in [0.25, 0.3) is 0 Å². The predicted octanol–water partition coefficient (Wildman–Crippen LogP) is 5.24.